The second-order valence-electron chi connectivity index (χ2n) is 5.32. The Hall–Kier alpha value is -1.84. The average Bonchev–Trinajstić information content (AvgIpc) is 2.76. The topological polar surface area (TPSA) is 40.6 Å². The number of nitrogens with zero attached hydrogens (tertiary/aromatic N) is 2. The van der Waals surface area contributed by atoms with Crippen molar-refractivity contribution >= 4 is 23.6 Å². The van der Waals surface area contributed by atoms with Crippen LogP contribution in [0.15, 0.2) is 18.2 Å². The van der Waals surface area contributed by atoms with Gasteiger partial charge in [-0.05, 0) is 25.0 Å². The van der Waals surface area contributed by atoms with Gasteiger partial charge >= 0.3 is 0 Å². The predicted octanol–water partition coefficient (Wildman–Crippen LogP) is 1.94. The summed E-state index contributed by atoms with van der Waals surface area (Å²) < 4.78 is 0. The molecule has 3 rings (SSSR count). The van der Waals surface area contributed by atoms with E-state index in [4.69, 9.17) is 0 Å². The van der Waals surface area contributed by atoms with E-state index in [2.05, 4.69) is 11.0 Å². The molecule has 0 radical (unpaired) electrons. The van der Waals surface area contributed by atoms with Gasteiger partial charge in [-0.3, -0.25) is 4.79 Å². The largest absolute Gasteiger partial charge is 0.364 e. The van der Waals surface area contributed by atoms with Gasteiger partial charge in [0.2, 0.25) is 5.91 Å². The minimum Gasteiger partial charge on any atom is -0.364 e. The molecular formula is C15H18N2O2. The van der Waals surface area contributed by atoms with Crippen molar-refractivity contribution in [1.82, 2.24) is 0 Å². The Balaban J connectivity index is 2.10. The summed E-state index contributed by atoms with van der Waals surface area (Å²) in [5.41, 5.74) is 3.39. The second kappa shape index (κ2) is 4.68. The molecule has 0 bridgehead atoms. The first-order valence-electron chi connectivity index (χ1n) is 6.80. The maximum absolute atomic E-state index is 12.0. The molecule has 4 heteroatoms. The molecule has 1 aromatic carbocycles. The summed E-state index contributed by atoms with van der Waals surface area (Å²) in [6.07, 6.45) is 3.52. The summed E-state index contributed by atoms with van der Waals surface area (Å²) in [6.45, 7) is 1.33. The SMILES string of the molecule is CN1C(=O)CCCC2CN(CC=O)c3cccc1c32. The lowest BCUT2D eigenvalue weighted by Gasteiger charge is -2.25. The van der Waals surface area contributed by atoms with E-state index >= 15 is 0 Å². The van der Waals surface area contributed by atoms with E-state index in [1.54, 1.807) is 4.90 Å². The van der Waals surface area contributed by atoms with Crippen molar-refractivity contribution in [2.45, 2.75) is 25.2 Å². The third-order valence-corrected chi connectivity index (χ3v) is 4.22. The number of carbonyl (C=O) groups is 2. The number of rotatable bonds is 2. The van der Waals surface area contributed by atoms with E-state index in [0.29, 0.717) is 18.9 Å². The number of benzene rings is 1. The van der Waals surface area contributed by atoms with E-state index in [0.717, 1.165) is 37.0 Å². The molecule has 100 valence electrons. The van der Waals surface area contributed by atoms with Crippen molar-refractivity contribution in [3.63, 3.8) is 0 Å². The molecule has 1 unspecified atom stereocenters. The Morgan fingerprint density at radius 1 is 1.37 bits per heavy atom. The molecular weight excluding hydrogens is 240 g/mol. The van der Waals surface area contributed by atoms with Gasteiger partial charge in [-0.1, -0.05) is 6.07 Å². The summed E-state index contributed by atoms with van der Waals surface area (Å²) in [4.78, 5) is 26.7. The standard InChI is InChI=1S/C15H18N2O2/c1-16-12-5-3-6-13-15(12)11(4-2-7-14(16)19)10-17(13)8-9-18/h3,5-6,9,11H,2,4,7-8,10H2,1H3. The van der Waals surface area contributed by atoms with Crippen LogP contribution in [0.4, 0.5) is 11.4 Å². The molecule has 19 heavy (non-hydrogen) atoms. The molecule has 0 aromatic heterocycles. The van der Waals surface area contributed by atoms with Crippen molar-refractivity contribution in [1.29, 1.82) is 0 Å². The second-order valence-corrected chi connectivity index (χ2v) is 5.32. The van der Waals surface area contributed by atoms with Crippen molar-refractivity contribution in [3.05, 3.63) is 23.8 Å². The van der Waals surface area contributed by atoms with Gasteiger partial charge in [0.1, 0.15) is 6.29 Å². The molecule has 0 aliphatic carbocycles. The number of carbonyl (C=O) groups excluding carboxylic acids is 2. The van der Waals surface area contributed by atoms with Crippen LogP contribution in [-0.4, -0.2) is 32.3 Å². The molecule has 0 fully saturated rings. The smallest absolute Gasteiger partial charge is 0.226 e. The van der Waals surface area contributed by atoms with Gasteiger partial charge in [0.05, 0.1) is 6.54 Å². The lowest BCUT2D eigenvalue weighted by Crippen LogP contribution is -2.28. The van der Waals surface area contributed by atoms with Gasteiger partial charge in [-0.2, -0.15) is 0 Å². The first-order chi connectivity index (χ1) is 9.22. The molecule has 2 aliphatic heterocycles. The molecule has 1 aromatic rings. The van der Waals surface area contributed by atoms with Crippen LogP contribution in [0.1, 0.15) is 30.7 Å². The highest BCUT2D eigenvalue weighted by atomic mass is 16.2. The fourth-order valence-electron chi connectivity index (χ4n) is 3.28. The minimum atomic E-state index is 0.181. The molecule has 1 atom stereocenters. The molecule has 2 heterocycles. The van der Waals surface area contributed by atoms with E-state index in [9.17, 15) is 9.59 Å². The quantitative estimate of drug-likeness (QED) is 0.761. The molecule has 1 amide bonds. The minimum absolute atomic E-state index is 0.181. The fraction of sp³-hybridized carbons (Fsp3) is 0.467. The zero-order valence-electron chi connectivity index (χ0n) is 11.1. The first kappa shape index (κ1) is 12.2. The Morgan fingerprint density at radius 2 is 2.16 bits per heavy atom. The van der Waals surface area contributed by atoms with Crippen LogP contribution in [0.2, 0.25) is 0 Å². The number of anilines is 2. The van der Waals surface area contributed by atoms with Crippen LogP contribution in [0.25, 0.3) is 0 Å². The lowest BCUT2D eigenvalue weighted by atomic mass is 9.91. The summed E-state index contributed by atoms with van der Waals surface area (Å²) in [5, 5.41) is 0. The van der Waals surface area contributed by atoms with Gasteiger partial charge in [-0.15, -0.1) is 0 Å². The van der Waals surface area contributed by atoms with Crippen molar-refractivity contribution in [2.24, 2.45) is 0 Å². The Bertz CT molecular complexity index is 527. The van der Waals surface area contributed by atoms with Gasteiger partial charge in [0.15, 0.2) is 0 Å². The molecule has 0 N–H and O–H groups in total. The third kappa shape index (κ3) is 1.91. The van der Waals surface area contributed by atoms with Gasteiger partial charge in [0, 0.05) is 42.9 Å². The molecule has 2 aliphatic rings. The highest BCUT2D eigenvalue weighted by Gasteiger charge is 2.33. The summed E-state index contributed by atoms with van der Waals surface area (Å²) >= 11 is 0. The van der Waals surface area contributed by atoms with E-state index < -0.39 is 0 Å². The number of hydrogen-bond acceptors (Lipinski definition) is 3. The van der Waals surface area contributed by atoms with E-state index in [1.165, 1.54) is 5.56 Å². The zero-order chi connectivity index (χ0) is 13.4. The molecule has 0 saturated heterocycles. The predicted molar refractivity (Wildman–Crippen MR) is 74.7 cm³/mol. The van der Waals surface area contributed by atoms with Crippen LogP contribution >= 0.6 is 0 Å². The highest BCUT2D eigenvalue weighted by molar-refractivity contribution is 5.95. The lowest BCUT2D eigenvalue weighted by molar-refractivity contribution is -0.118. The molecule has 0 spiro atoms. The van der Waals surface area contributed by atoms with Gasteiger partial charge in [0.25, 0.3) is 0 Å². The van der Waals surface area contributed by atoms with Gasteiger partial charge in [-0.25, -0.2) is 0 Å². The van der Waals surface area contributed by atoms with Gasteiger partial charge < -0.3 is 14.6 Å². The Morgan fingerprint density at radius 3 is 2.95 bits per heavy atom. The van der Waals surface area contributed by atoms with Crippen LogP contribution < -0.4 is 9.80 Å². The maximum Gasteiger partial charge on any atom is 0.226 e. The first-order valence-corrected chi connectivity index (χ1v) is 6.80. The van der Waals surface area contributed by atoms with Crippen LogP contribution in [-0.2, 0) is 9.59 Å². The number of amides is 1. The Kier molecular flexibility index (Phi) is 3.01. The van der Waals surface area contributed by atoms with E-state index in [1.807, 2.05) is 19.2 Å². The number of aldehydes is 1. The molecule has 0 saturated carbocycles. The summed E-state index contributed by atoms with van der Waals surface area (Å²) in [5.74, 6) is 0.627. The molecule has 4 nitrogen and oxygen atoms in total. The van der Waals surface area contributed by atoms with Crippen molar-refractivity contribution in [2.75, 3.05) is 29.9 Å². The average molecular weight is 258 g/mol. The van der Waals surface area contributed by atoms with Crippen molar-refractivity contribution < 1.29 is 9.59 Å². The maximum atomic E-state index is 12.0. The van der Waals surface area contributed by atoms with Crippen LogP contribution in [0, 0.1) is 0 Å². The monoisotopic (exact) mass is 258 g/mol. The fourth-order valence-corrected chi connectivity index (χ4v) is 3.28. The van der Waals surface area contributed by atoms with Crippen LogP contribution in [0.3, 0.4) is 0 Å². The normalized spacial score (nSPS) is 21.9. The Labute approximate surface area is 113 Å². The van der Waals surface area contributed by atoms with Crippen molar-refractivity contribution in [3.8, 4) is 0 Å². The summed E-state index contributed by atoms with van der Waals surface area (Å²) in [7, 11) is 1.85. The zero-order valence-corrected chi connectivity index (χ0v) is 11.1. The summed E-state index contributed by atoms with van der Waals surface area (Å²) in [6, 6.07) is 6.04. The third-order valence-electron chi connectivity index (χ3n) is 4.22. The highest BCUT2D eigenvalue weighted by Crippen LogP contribution is 2.45. The van der Waals surface area contributed by atoms with Crippen LogP contribution in [0.5, 0.6) is 0 Å². The van der Waals surface area contributed by atoms with E-state index in [-0.39, 0.29) is 5.91 Å². The number of hydrogen-bond donors (Lipinski definition) is 0.